The van der Waals surface area contributed by atoms with Gasteiger partial charge in [-0.15, -0.1) is 0 Å². The number of nitrogens with zero attached hydrogens (tertiary/aromatic N) is 1. The molecule has 0 atom stereocenters. The number of benzene rings is 1. The molecule has 3 amide bonds. The van der Waals surface area contributed by atoms with Gasteiger partial charge in [-0.3, -0.25) is 14.4 Å². The minimum Gasteiger partial charge on any atom is -0.398 e. The summed E-state index contributed by atoms with van der Waals surface area (Å²) in [7, 11) is 1.56. The van der Waals surface area contributed by atoms with E-state index in [2.05, 4.69) is 5.32 Å². The maximum absolute atomic E-state index is 11.9. The maximum atomic E-state index is 11.9. The molecule has 88 valence electrons. The number of nitrogens with two attached hydrogens (primary N) is 1. The van der Waals surface area contributed by atoms with Crippen molar-refractivity contribution in [3.63, 3.8) is 0 Å². The number of carbonyl (C=O) groups excluding carboxylic acids is 3. The van der Waals surface area contributed by atoms with Crippen LogP contribution in [0.1, 0.15) is 20.7 Å². The average Bonchev–Trinajstić information content (AvgIpc) is 2.53. The highest BCUT2D eigenvalue weighted by molar-refractivity contribution is 6.30. The van der Waals surface area contributed by atoms with Gasteiger partial charge >= 0.3 is 0 Å². The fourth-order valence-electron chi connectivity index (χ4n) is 1.77. The van der Waals surface area contributed by atoms with Gasteiger partial charge in [0.05, 0.1) is 17.7 Å². The van der Waals surface area contributed by atoms with Gasteiger partial charge in [0, 0.05) is 5.69 Å². The van der Waals surface area contributed by atoms with Gasteiger partial charge in [-0.2, -0.15) is 0 Å². The Morgan fingerprint density at radius 3 is 2.65 bits per heavy atom. The van der Waals surface area contributed by atoms with Crippen LogP contribution in [-0.2, 0) is 4.79 Å². The summed E-state index contributed by atoms with van der Waals surface area (Å²) in [6.45, 7) is -0.0780. The van der Waals surface area contributed by atoms with E-state index in [1.165, 1.54) is 12.1 Å². The molecule has 6 nitrogen and oxygen atoms in total. The molecule has 1 aromatic carbocycles. The standard InChI is InChI=1S/C11H11N3O3/c1-13-5-8(15)14-10(16)6-3-2-4-7(12)9(6)11(14)17/h2-4,13H,5,12H2,1H3. The number of hydrogen-bond acceptors (Lipinski definition) is 5. The fourth-order valence-corrected chi connectivity index (χ4v) is 1.77. The zero-order valence-electron chi connectivity index (χ0n) is 9.19. The predicted octanol–water partition coefficient (Wildman–Crippen LogP) is -0.389. The SMILES string of the molecule is CNCC(=O)N1C(=O)c2cccc(N)c2C1=O. The van der Waals surface area contributed by atoms with Crippen molar-refractivity contribution in [1.29, 1.82) is 0 Å². The van der Waals surface area contributed by atoms with E-state index in [1.807, 2.05) is 0 Å². The second-order valence-corrected chi connectivity index (χ2v) is 3.64. The number of fused-ring (bicyclic) bond motifs is 1. The number of nitrogens with one attached hydrogen (secondary N) is 1. The van der Waals surface area contributed by atoms with Crippen molar-refractivity contribution in [3.8, 4) is 0 Å². The van der Waals surface area contributed by atoms with Crippen molar-refractivity contribution < 1.29 is 14.4 Å². The lowest BCUT2D eigenvalue weighted by Crippen LogP contribution is -2.41. The van der Waals surface area contributed by atoms with Crippen LogP contribution in [0.5, 0.6) is 0 Å². The number of amides is 3. The lowest BCUT2D eigenvalue weighted by molar-refractivity contribution is -0.125. The molecule has 0 radical (unpaired) electrons. The molecule has 0 aliphatic carbocycles. The monoisotopic (exact) mass is 233 g/mol. The first kappa shape index (κ1) is 11.3. The highest BCUT2D eigenvalue weighted by Crippen LogP contribution is 2.27. The molecule has 2 rings (SSSR count). The van der Waals surface area contributed by atoms with Crippen LogP contribution in [0.3, 0.4) is 0 Å². The van der Waals surface area contributed by atoms with Crippen molar-refractivity contribution in [2.45, 2.75) is 0 Å². The lowest BCUT2D eigenvalue weighted by atomic mass is 10.1. The minimum absolute atomic E-state index is 0.0780. The Morgan fingerprint density at radius 1 is 1.35 bits per heavy atom. The topological polar surface area (TPSA) is 92.5 Å². The second kappa shape index (κ2) is 3.99. The number of anilines is 1. The van der Waals surface area contributed by atoms with Gasteiger partial charge in [0.15, 0.2) is 0 Å². The van der Waals surface area contributed by atoms with Crippen LogP contribution in [-0.4, -0.2) is 36.2 Å². The number of imide groups is 3. The molecule has 3 N–H and O–H groups in total. The molecule has 17 heavy (non-hydrogen) atoms. The van der Waals surface area contributed by atoms with Crippen LogP contribution in [0.15, 0.2) is 18.2 Å². The first-order valence-corrected chi connectivity index (χ1v) is 5.02. The molecule has 0 unspecified atom stereocenters. The molecule has 0 fully saturated rings. The summed E-state index contributed by atoms with van der Waals surface area (Å²) in [4.78, 5) is 36.0. The summed E-state index contributed by atoms with van der Waals surface area (Å²) >= 11 is 0. The third-order valence-corrected chi connectivity index (χ3v) is 2.52. The summed E-state index contributed by atoms with van der Waals surface area (Å²) in [5, 5.41) is 2.60. The Balaban J connectivity index is 2.46. The molecular weight excluding hydrogens is 222 g/mol. The van der Waals surface area contributed by atoms with Gasteiger partial charge in [0.1, 0.15) is 0 Å². The molecule has 1 aliphatic rings. The van der Waals surface area contributed by atoms with Crippen molar-refractivity contribution in [1.82, 2.24) is 10.2 Å². The number of nitrogen functional groups attached to an aromatic ring is 1. The summed E-state index contributed by atoms with van der Waals surface area (Å²) in [6.07, 6.45) is 0. The quantitative estimate of drug-likeness (QED) is 0.536. The summed E-state index contributed by atoms with van der Waals surface area (Å²) in [6, 6.07) is 4.58. The molecule has 6 heteroatoms. The molecular formula is C11H11N3O3. The predicted molar refractivity (Wildman–Crippen MR) is 60.3 cm³/mol. The van der Waals surface area contributed by atoms with E-state index in [0.29, 0.717) is 4.90 Å². The average molecular weight is 233 g/mol. The van der Waals surface area contributed by atoms with Crippen molar-refractivity contribution >= 4 is 23.4 Å². The van der Waals surface area contributed by atoms with E-state index in [-0.39, 0.29) is 23.4 Å². The Kier molecular flexibility index (Phi) is 2.64. The number of likely N-dealkylation sites (N-methyl/N-ethyl adjacent to an activating group) is 1. The van der Waals surface area contributed by atoms with Crippen LogP contribution in [0.25, 0.3) is 0 Å². The van der Waals surface area contributed by atoms with Crippen molar-refractivity contribution in [3.05, 3.63) is 29.3 Å². The third-order valence-electron chi connectivity index (χ3n) is 2.52. The van der Waals surface area contributed by atoms with Gasteiger partial charge in [-0.25, -0.2) is 4.90 Å². The molecule has 0 saturated heterocycles. The molecule has 1 heterocycles. The smallest absolute Gasteiger partial charge is 0.270 e. The zero-order valence-corrected chi connectivity index (χ0v) is 9.19. The zero-order chi connectivity index (χ0) is 12.6. The molecule has 1 aromatic rings. The van der Waals surface area contributed by atoms with Gasteiger partial charge < -0.3 is 11.1 Å². The first-order chi connectivity index (χ1) is 8.07. The fraction of sp³-hybridized carbons (Fsp3) is 0.182. The molecule has 0 saturated carbocycles. The molecule has 0 bridgehead atoms. The van der Waals surface area contributed by atoms with E-state index in [4.69, 9.17) is 5.73 Å². The maximum Gasteiger partial charge on any atom is 0.270 e. The number of carbonyl (C=O) groups is 3. The van der Waals surface area contributed by atoms with Crippen LogP contribution in [0.4, 0.5) is 5.69 Å². The first-order valence-electron chi connectivity index (χ1n) is 5.02. The minimum atomic E-state index is -0.650. The van der Waals surface area contributed by atoms with E-state index >= 15 is 0 Å². The normalized spacial score (nSPS) is 14.1. The van der Waals surface area contributed by atoms with E-state index in [9.17, 15) is 14.4 Å². The van der Waals surface area contributed by atoms with Gasteiger partial charge in [-0.05, 0) is 19.2 Å². The van der Waals surface area contributed by atoms with E-state index in [1.54, 1.807) is 13.1 Å². The van der Waals surface area contributed by atoms with Gasteiger partial charge in [-0.1, -0.05) is 6.07 Å². The second-order valence-electron chi connectivity index (χ2n) is 3.64. The van der Waals surface area contributed by atoms with E-state index in [0.717, 1.165) is 0 Å². The molecule has 0 aromatic heterocycles. The number of rotatable bonds is 2. The van der Waals surface area contributed by atoms with E-state index < -0.39 is 17.7 Å². The van der Waals surface area contributed by atoms with Crippen LogP contribution in [0, 0.1) is 0 Å². The molecule has 0 spiro atoms. The lowest BCUT2D eigenvalue weighted by Gasteiger charge is -2.10. The summed E-state index contributed by atoms with van der Waals surface area (Å²) in [5.41, 5.74) is 6.14. The highest BCUT2D eigenvalue weighted by atomic mass is 16.2. The Hall–Kier alpha value is -2.21. The third kappa shape index (κ3) is 1.58. The van der Waals surface area contributed by atoms with Gasteiger partial charge in [0.25, 0.3) is 17.7 Å². The van der Waals surface area contributed by atoms with Crippen LogP contribution >= 0.6 is 0 Å². The van der Waals surface area contributed by atoms with Crippen molar-refractivity contribution in [2.24, 2.45) is 0 Å². The summed E-state index contributed by atoms with van der Waals surface area (Å²) in [5.74, 6) is -1.85. The van der Waals surface area contributed by atoms with Crippen LogP contribution in [0.2, 0.25) is 0 Å². The Bertz CT molecular complexity index is 525. The Labute approximate surface area is 97.4 Å². The Morgan fingerprint density at radius 2 is 2.06 bits per heavy atom. The summed E-state index contributed by atoms with van der Waals surface area (Å²) < 4.78 is 0. The largest absolute Gasteiger partial charge is 0.398 e. The van der Waals surface area contributed by atoms with Crippen molar-refractivity contribution in [2.75, 3.05) is 19.3 Å². The van der Waals surface area contributed by atoms with Crippen LogP contribution < -0.4 is 11.1 Å². The molecule has 1 aliphatic heterocycles. The highest BCUT2D eigenvalue weighted by Gasteiger charge is 2.40. The number of hydrogen-bond donors (Lipinski definition) is 2. The van der Waals surface area contributed by atoms with Gasteiger partial charge in [0.2, 0.25) is 0 Å².